The van der Waals surface area contributed by atoms with Crippen molar-refractivity contribution in [2.24, 2.45) is 5.41 Å². The summed E-state index contributed by atoms with van der Waals surface area (Å²) in [7, 11) is 0. The quantitative estimate of drug-likeness (QED) is 0.801. The molecule has 1 aliphatic carbocycles. The largest absolute Gasteiger partial charge is 0.347 e. The van der Waals surface area contributed by atoms with E-state index in [1.807, 2.05) is 35.4 Å². The Morgan fingerprint density at radius 2 is 1.72 bits per heavy atom. The number of rotatable bonds is 3. The van der Waals surface area contributed by atoms with Gasteiger partial charge in [-0.2, -0.15) is 0 Å². The molecule has 2 fully saturated rings. The normalized spacial score (nSPS) is 23.4. The Hall–Kier alpha value is -2.70. The van der Waals surface area contributed by atoms with E-state index in [0.717, 1.165) is 80.7 Å². The average molecular weight is 436 g/mol. The molecule has 0 bridgehead atoms. The molecule has 170 valence electrons. The number of aromatic nitrogens is 3. The summed E-state index contributed by atoms with van der Waals surface area (Å²) in [6.07, 6.45) is 8.21. The molecule has 1 saturated heterocycles. The highest BCUT2D eigenvalue weighted by atomic mass is 16.2. The van der Waals surface area contributed by atoms with Gasteiger partial charge in [0.25, 0.3) is 11.8 Å². The highest BCUT2D eigenvalue weighted by Gasteiger charge is 2.42. The van der Waals surface area contributed by atoms with Crippen LogP contribution in [0.4, 0.5) is 0 Å². The molecule has 3 aliphatic rings. The van der Waals surface area contributed by atoms with Crippen molar-refractivity contribution < 1.29 is 9.59 Å². The number of nitrogens with zero attached hydrogens (tertiary/aromatic N) is 4. The van der Waals surface area contributed by atoms with Gasteiger partial charge in [-0.05, 0) is 63.5 Å². The highest BCUT2D eigenvalue weighted by Crippen LogP contribution is 2.41. The zero-order chi connectivity index (χ0) is 22.3. The summed E-state index contributed by atoms with van der Waals surface area (Å²) in [4.78, 5) is 28.0. The number of hydrogen-bond donors (Lipinski definition) is 1. The van der Waals surface area contributed by atoms with Crippen molar-refractivity contribution in [3.8, 4) is 0 Å². The number of carbonyl (C=O) groups is 2. The molecule has 1 saturated carbocycles. The van der Waals surface area contributed by atoms with E-state index in [-0.39, 0.29) is 23.3 Å². The Kier molecular flexibility index (Phi) is 5.51. The predicted octanol–water partition coefficient (Wildman–Crippen LogP) is 3.44. The van der Waals surface area contributed by atoms with Crippen molar-refractivity contribution >= 4 is 11.8 Å². The second kappa shape index (κ2) is 8.34. The minimum Gasteiger partial charge on any atom is -0.347 e. The van der Waals surface area contributed by atoms with Crippen LogP contribution in [-0.2, 0) is 13.0 Å². The molecule has 1 aromatic carbocycles. The minimum absolute atomic E-state index is 0.0917. The van der Waals surface area contributed by atoms with Gasteiger partial charge in [0.05, 0.1) is 0 Å². The van der Waals surface area contributed by atoms with E-state index in [9.17, 15) is 9.59 Å². The standard InChI is InChI=1S/C25H33N5O2/c1-17-13-18(2)15-19(14-17)24(32)29-11-9-25(16-29)8-7-21-27-28-22(30(21)12-10-25)23(31)26-20-5-3-4-6-20/h13-15,20H,3-12,16H2,1-2H3,(H,26,31)/t25-/m0/s1. The molecule has 3 heterocycles. The molecule has 1 spiro atoms. The number of carbonyl (C=O) groups excluding carboxylic acids is 2. The molecule has 5 rings (SSSR count). The van der Waals surface area contributed by atoms with E-state index in [4.69, 9.17) is 0 Å². The molecule has 2 aliphatic heterocycles. The van der Waals surface area contributed by atoms with Crippen LogP contribution >= 0.6 is 0 Å². The number of nitrogens with one attached hydrogen (secondary N) is 1. The third-order valence-electron chi connectivity index (χ3n) is 7.66. The summed E-state index contributed by atoms with van der Waals surface area (Å²) in [6.45, 7) is 6.39. The molecule has 1 N–H and O–H groups in total. The lowest BCUT2D eigenvalue weighted by molar-refractivity contribution is 0.0767. The summed E-state index contributed by atoms with van der Waals surface area (Å²) in [5.74, 6) is 1.39. The van der Waals surface area contributed by atoms with Crippen LogP contribution in [0.5, 0.6) is 0 Å². The fourth-order valence-corrected chi connectivity index (χ4v) is 5.89. The lowest BCUT2D eigenvalue weighted by atomic mass is 9.80. The van der Waals surface area contributed by atoms with Crippen LogP contribution in [0.15, 0.2) is 18.2 Å². The van der Waals surface area contributed by atoms with Crippen molar-refractivity contribution in [2.75, 3.05) is 13.1 Å². The Labute approximate surface area is 189 Å². The molecular weight excluding hydrogens is 402 g/mol. The van der Waals surface area contributed by atoms with Gasteiger partial charge in [0.15, 0.2) is 0 Å². The van der Waals surface area contributed by atoms with Gasteiger partial charge in [0.1, 0.15) is 5.82 Å². The topological polar surface area (TPSA) is 80.1 Å². The zero-order valence-electron chi connectivity index (χ0n) is 19.2. The molecule has 7 nitrogen and oxygen atoms in total. The van der Waals surface area contributed by atoms with E-state index in [0.29, 0.717) is 5.82 Å². The number of likely N-dealkylation sites (tertiary alicyclic amines) is 1. The molecule has 2 amide bonds. The minimum atomic E-state index is -0.0929. The molecule has 1 atom stereocenters. The molecular formula is C25H33N5O2. The van der Waals surface area contributed by atoms with Crippen molar-refractivity contribution in [3.05, 3.63) is 46.5 Å². The van der Waals surface area contributed by atoms with Crippen molar-refractivity contribution in [2.45, 2.75) is 77.8 Å². The van der Waals surface area contributed by atoms with E-state index >= 15 is 0 Å². The molecule has 2 aromatic rings. The van der Waals surface area contributed by atoms with E-state index in [1.54, 1.807) is 0 Å². The first-order chi connectivity index (χ1) is 15.4. The molecule has 1 aromatic heterocycles. The number of hydrogen-bond acceptors (Lipinski definition) is 4. The Bertz CT molecular complexity index is 1020. The number of benzene rings is 1. The van der Waals surface area contributed by atoms with E-state index in [2.05, 4.69) is 21.6 Å². The van der Waals surface area contributed by atoms with Gasteiger partial charge >= 0.3 is 0 Å². The van der Waals surface area contributed by atoms with Gasteiger partial charge in [0, 0.05) is 37.7 Å². The predicted molar refractivity (Wildman–Crippen MR) is 122 cm³/mol. The molecule has 7 heteroatoms. The Morgan fingerprint density at radius 3 is 2.47 bits per heavy atom. The fourth-order valence-electron chi connectivity index (χ4n) is 5.89. The summed E-state index contributed by atoms with van der Waals surface area (Å²) >= 11 is 0. The summed E-state index contributed by atoms with van der Waals surface area (Å²) in [6, 6.07) is 6.35. The lowest BCUT2D eigenvalue weighted by Gasteiger charge is -2.27. The molecule has 0 radical (unpaired) electrons. The van der Waals surface area contributed by atoms with Gasteiger partial charge in [0.2, 0.25) is 5.82 Å². The second-order valence-corrected chi connectivity index (χ2v) is 10.1. The van der Waals surface area contributed by atoms with E-state index in [1.165, 1.54) is 12.8 Å². The third kappa shape index (κ3) is 4.05. The average Bonchev–Trinajstić information content (AvgIpc) is 3.48. The van der Waals surface area contributed by atoms with E-state index < -0.39 is 0 Å². The Morgan fingerprint density at radius 1 is 1.00 bits per heavy atom. The van der Waals surface area contributed by atoms with Crippen LogP contribution in [0.2, 0.25) is 0 Å². The van der Waals surface area contributed by atoms with Crippen LogP contribution in [-0.4, -0.2) is 50.6 Å². The first-order valence-corrected chi connectivity index (χ1v) is 12.0. The third-order valence-corrected chi connectivity index (χ3v) is 7.66. The zero-order valence-corrected chi connectivity index (χ0v) is 19.2. The van der Waals surface area contributed by atoms with Crippen molar-refractivity contribution in [1.29, 1.82) is 0 Å². The monoisotopic (exact) mass is 435 g/mol. The van der Waals surface area contributed by atoms with Gasteiger partial charge < -0.3 is 14.8 Å². The van der Waals surface area contributed by atoms with Crippen LogP contribution < -0.4 is 5.32 Å². The maximum atomic E-state index is 13.2. The Balaban J connectivity index is 1.27. The lowest BCUT2D eigenvalue weighted by Crippen LogP contribution is -2.35. The van der Waals surface area contributed by atoms with Crippen molar-refractivity contribution in [3.63, 3.8) is 0 Å². The molecule has 32 heavy (non-hydrogen) atoms. The van der Waals surface area contributed by atoms with Gasteiger partial charge in [-0.1, -0.05) is 30.0 Å². The van der Waals surface area contributed by atoms with Crippen LogP contribution in [0, 0.1) is 19.3 Å². The van der Waals surface area contributed by atoms with Crippen LogP contribution in [0.3, 0.4) is 0 Å². The first-order valence-electron chi connectivity index (χ1n) is 12.0. The fraction of sp³-hybridized carbons (Fsp3) is 0.600. The summed E-state index contributed by atoms with van der Waals surface area (Å²) < 4.78 is 2.02. The maximum absolute atomic E-state index is 13.2. The number of amides is 2. The SMILES string of the molecule is Cc1cc(C)cc(C(=O)N2CC[C@]3(CCc4nnc(C(=O)NC5CCCC5)n4CC3)C2)c1. The maximum Gasteiger partial charge on any atom is 0.289 e. The number of aryl methyl sites for hydroxylation is 3. The molecule has 0 unspecified atom stereocenters. The first kappa shape index (κ1) is 21.2. The van der Waals surface area contributed by atoms with Gasteiger partial charge in [-0.15, -0.1) is 10.2 Å². The smallest absolute Gasteiger partial charge is 0.289 e. The number of fused-ring (bicyclic) bond motifs is 1. The summed E-state index contributed by atoms with van der Waals surface area (Å²) in [5, 5.41) is 11.7. The van der Waals surface area contributed by atoms with Crippen molar-refractivity contribution in [1.82, 2.24) is 25.0 Å². The van der Waals surface area contributed by atoms with Gasteiger partial charge in [-0.25, -0.2) is 0 Å². The van der Waals surface area contributed by atoms with Crippen LogP contribution in [0.1, 0.15) is 82.9 Å². The van der Waals surface area contributed by atoms with Crippen LogP contribution in [0.25, 0.3) is 0 Å². The summed E-state index contributed by atoms with van der Waals surface area (Å²) in [5.41, 5.74) is 3.13. The highest BCUT2D eigenvalue weighted by molar-refractivity contribution is 5.95. The van der Waals surface area contributed by atoms with Gasteiger partial charge in [-0.3, -0.25) is 9.59 Å². The second-order valence-electron chi connectivity index (χ2n) is 10.1.